The molecular weight excluding hydrogens is 354 g/mol. The highest BCUT2D eigenvalue weighted by atomic mass is 32.2. The highest BCUT2D eigenvalue weighted by molar-refractivity contribution is 8.04. The third kappa shape index (κ3) is 3.95. The average molecular weight is 374 g/mol. The maximum absolute atomic E-state index is 12.4. The molecule has 1 aliphatic heterocycles. The first-order valence-corrected chi connectivity index (χ1v) is 10.0. The summed E-state index contributed by atoms with van der Waals surface area (Å²) >= 11 is 1.57. The lowest BCUT2D eigenvalue weighted by atomic mass is 10.2. The van der Waals surface area contributed by atoms with Crippen LogP contribution < -0.4 is 10.3 Å². The van der Waals surface area contributed by atoms with Crippen LogP contribution in [0.5, 0.6) is 0 Å². The van der Waals surface area contributed by atoms with Crippen LogP contribution in [0.25, 0.3) is 0 Å². The summed E-state index contributed by atoms with van der Waals surface area (Å²) in [4.78, 5) is 9.19. The maximum Gasteiger partial charge on any atom is 0.257 e. The summed E-state index contributed by atoms with van der Waals surface area (Å²) in [5, 5.41) is 0. The fourth-order valence-corrected chi connectivity index (χ4v) is 4.26. The number of fused-ring (bicyclic) bond motifs is 1. The largest absolute Gasteiger partial charge is 0.311 e. The van der Waals surface area contributed by atoms with E-state index in [9.17, 15) is 8.42 Å². The number of hydrogen-bond donors (Lipinski definition) is 2. The Hall–Kier alpha value is -2.09. The van der Waals surface area contributed by atoms with Crippen LogP contribution in [0.4, 0.5) is 5.69 Å². The molecule has 0 aromatic heterocycles. The normalized spacial score (nSPS) is 16.0. The summed E-state index contributed by atoms with van der Waals surface area (Å²) in [5.74, 6) is 0. The number of rotatable bonds is 4. The fourth-order valence-electron chi connectivity index (χ4n) is 2.38. The van der Waals surface area contributed by atoms with Gasteiger partial charge in [0.25, 0.3) is 10.0 Å². The van der Waals surface area contributed by atoms with Crippen LogP contribution in [0.3, 0.4) is 0 Å². The summed E-state index contributed by atoms with van der Waals surface area (Å²) in [6.07, 6.45) is 0. The Morgan fingerprint density at radius 2 is 1.72 bits per heavy atom. The molecular formula is C18H19N3O2S2. The van der Waals surface area contributed by atoms with Crippen LogP contribution in [-0.2, 0) is 10.0 Å². The molecule has 7 heteroatoms. The molecule has 0 saturated carbocycles. The smallest absolute Gasteiger partial charge is 0.257 e. The van der Waals surface area contributed by atoms with Crippen LogP contribution in [0.2, 0.25) is 0 Å². The molecule has 0 amide bonds. The number of nitrogens with zero attached hydrogens (tertiary/aromatic N) is 1. The minimum atomic E-state index is -3.63. The van der Waals surface area contributed by atoms with Crippen molar-refractivity contribution >= 4 is 33.2 Å². The van der Waals surface area contributed by atoms with Gasteiger partial charge in [-0.3, -0.25) is 4.99 Å². The monoisotopic (exact) mass is 373 g/mol. The molecule has 2 aromatic rings. The zero-order valence-corrected chi connectivity index (χ0v) is 15.8. The average Bonchev–Trinajstić information content (AvgIpc) is 2.59. The van der Waals surface area contributed by atoms with E-state index in [1.54, 1.807) is 36.0 Å². The van der Waals surface area contributed by atoms with E-state index in [0.717, 1.165) is 26.8 Å². The number of hydrogen-bond acceptors (Lipinski definition) is 5. The molecule has 0 atom stereocenters. The van der Waals surface area contributed by atoms with Gasteiger partial charge in [0.05, 0.1) is 21.2 Å². The second-order valence-corrected chi connectivity index (χ2v) is 8.50. The van der Waals surface area contributed by atoms with Gasteiger partial charge in [-0.25, -0.2) is 8.42 Å². The summed E-state index contributed by atoms with van der Waals surface area (Å²) in [5.41, 5.74) is 6.30. The molecule has 1 heterocycles. The van der Waals surface area contributed by atoms with Gasteiger partial charge >= 0.3 is 0 Å². The number of para-hydroxylation sites is 1. The van der Waals surface area contributed by atoms with E-state index in [4.69, 9.17) is 0 Å². The van der Waals surface area contributed by atoms with Crippen LogP contribution in [0, 0.1) is 6.92 Å². The van der Waals surface area contributed by atoms with Crippen molar-refractivity contribution in [3.8, 4) is 0 Å². The van der Waals surface area contributed by atoms with Gasteiger partial charge in [0.15, 0.2) is 0 Å². The van der Waals surface area contributed by atoms with Gasteiger partial charge < -0.3 is 5.43 Å². The predicted octanol–water partition coefficient (Wildman–Crippen LogP) is 3.91. The molecule has 3 rings (SSSR count). The molecule has 0 bridgehead atoms. The molecule has 0 saturated heterocycles. The van der Waals surface area contributed by atoms with Gasteiger partial charge in [-0.15, -0.1) is 4.83 Å². The highest BCUT2D eigenvalue weighted by Crippen LogP contribution is 2.40. The third-order valence-corrected chi connectivity index (χ3v) is 6.37. The standard InChI is InChI=1S/C18H19N3O2S2/c1-12-8-10-15(11-9-12)25(22,23)21-20-14(3)18-13(2)19-16-6-4-5-7-17(16)24-18/h4-11,20-21H,1-3H3. The Morgan fingerprint density at radius 1 is 1.04 bits per heavy atom. The third-order valence-electron chi connectivity index (χ3n) is 3.74. The fraction of sp³-hybridized carbons (Fsp3) is 0.167. The lowest BCUT2D eigenvalue weighted by Crippen LogP contribution is -2.36. The van der Waals surface area contributed by atoms with E-state index in [1.165, 1.54) is 0 Å². The van der Waals surface area contributed by atoms with Gasteiger partial charge in [-0.2, -0.15) is 0 Å². The van der Waals surface area contributed by atoms with Crippen LogP contribution in [-0.4, -0.2) is 14.1 Å². The van der Waals surface area contributed by atoms with E-state index < -0.39 is 10.0 Å². The molecule has 0 aliphatic carbocycles. The molecule has 0 radical (unpaired) electrons. The number of allylic oxidation sites excluding steroid dienone is 2. The van der Waals surface area contributed by atoms with Crippen molar-refractivity contribution in [1.82, 2.24) is 10.3 Å². The van der Waals surface area contributed by atoms with Crippen molar-refractivity contribution in [3.05, 3.63) is 64.7 Å². The second-order valence-electron chi connectivity index (χ2n) is 5.76. The van der Waals surface area contributed by atoms with Crippen molar-refractivity contribution in [2.75, 3.05) is 0 Å². The first kappa shape index (κ1) is 17.7. The van der Waals surface area contributed by atoms with E-state index in [1.807, 2.05) is 45.0 Å². The molecule has 0 unspecified atom stereocenters. The number of nitrogens with one attached hydrogen (secondary N) is 2. The van der Waals surface area contributed by atoms with E-state index >= 15 is 0 Å². The van der Waals surface area contributed by atoms with Crippen molar-refractivity contribution in [3.63, 3.8) is 0 Å². The Morgan fingerprint density at radius 3 is 2.44 bits per heavy atom. The molecule has 130 valence electrons. The Balaban J connectivity index is 1.79. The number of sulfonamides is 1. The minimum Gasteiger partial charge on any atom is -0.311 e. The van der Waals surface area contributed by atoms with E-state index in [2.05, 4.69) is 15.2 Å². The Bertz CT molecular complexity index is 962. The SMILES string of the molecule is CC1=Nc2ccccc2SC1=C(C)NNS(=O)(=O)c1ccc(C)cc1. The molecule has 2 aromatic carbocycles. The van der Waals surface area contributed by atoms with E-state index in [-0.39, 0.29) is 4.90 Å². The zero-order chi connectivity index (χ0) is 18.0. The number of aliphatic imine (C=N–C) groups is 1. The summed E-state index contributed by atoms with van der Waals surface area (Å²) in [6.45, 7) is 5.65. The molecule has 1 aliphatic rings. The van der Waals surface area contributed by atoms with Crippen molar-refractivity contribution in [1.29, 1.82) is 0 Å². The Kier molecular flexibility index (Phi) is 4.99. The Labute approximate surface area is 152 Å². The second kappa shape index (κ2) is 7.03. The summed E-state index contributed by atoms with van der Waals surface area (Å²) in [7, 11) is -3.63. The first-order valence-electron chi connectivity index (χ1n) is 7.75. The number of thioether (sulfide) groups is 1. The van der Waals surface area contributed by atoms with Crippen LogP contribution in [0.15, 0.2) is 73.9 Å². The van der Waals surface area contributed by atoms with E-state index in [0.29, 0.717) is 5.70 Å². The number of hydrazine groups is 1. The van der Waals surface area contributed by atoms with Crippen LogP contribution in [0.1, 0.15) is 19.4 Å². The zero-order valence-electron chi connectivity index (χ0n) is 14.2. The quantitative estimate of drug-likeness (QED) is 0.797. The van der Waals surface area contributed by atoms with Gasteiger partial charge in [-0.05, 0) is 45.0 Å². The van der Waals surface area contributed by atoms with Gasteiger partial charge in [0.2, 0.25) is 0 Å². The predicted molar refractivity (Wildman–Crippen MR) is 102 cm³/mol. The molecule has 25 heavy (non-hydrogen) atoms. The lowest BCUT2D eigenvalue weighted by molar-refractivity contribution is 0.570. The van der Waals surface area contributed by atoms with Crippen molar-refractivity contribution < 1.29 is 8.42 Å². The minimum absolute atomic E-state index is 0.218. The van der Waals surface area contributed by atoms with Crippen molar-refractivity contribution in [2.45, 2.75) is 30.6 Å². The molecule has 2 N–H and O–H groups in total. The molecule has 0 spiro atoms. The topological polar surface area (TPSA) is 70.6 Å². The molecule has 0 fully saturated rings. The first-order chi connectivity index (χ1) is 11.9. The van der Waals surface area contributed by atoms with Crippen LogP contribution >= 0.6 is 11.8 Å². The van der Waals surface area contributed by atoms with Crippen molar-refractivity contribution in [2.24, 2.45) is 4.99 Å². The van der Waals surface area contributed by atoms with Gasteiger partial charge in [0.1, 0.15) is 0 Å². The maximum atomic E-state index is 12.4. The summed E-state index contributed by atoms with van der Waals surface area (Å²) in [6, 6.07) is 14.6. The van der Waals surface area contributed by atoms with Gasteiger partial charge in [-0.1, -0.05) is 41.6 Å². The lowest BCUT2D eigenvalue weighted by Gasteiger charge is -2.19. The summed E-state index contributed by atoms with van der Waals surface area (Å²) < 4.78 is 24.8. The van der Waals surface area contributed by atoms with Gasteiger partial charge in [0, 0.05) is 10.6 Å². The number of benzene rings is 2. The highest BCUT2D eigenvalue weighted by Gasteiger charge is 2.18. The molecule has 5 nitrogen and oxygen atoms in total. The number of aryl methyl sites for hydroxylation is 1.